The van der Waals surface area contributed by atoms with Gasteiger partial charge in [0.15, 0.2) is 0 Å². The molecule has 3 nitrogen and oxygen atoms in total. The molecular weight excluding hydrogens is 176 g/mol. The zero-order chi connectivity index (χ0) is 10.4. The summed E-state index contributed by atoms with van der Waals surface area (Å²) in [5, 5.41) is 3.00. The number of nitrogens with zero attached hydrogens (tertiary/aromatic N) is 1. The standard InChI is InChI=1S/C11H22N2O/c1-3-4-8-12-11(14)10-7-5-6-9-13(10)2/h10H,3-9H2,1-2H3,(H,12,14). The Balaban J connectivity index is 2.27. The fourth-order valence-corrected chi connectivity index (χ4v) is 1.91. The van der Waals surface area contributed by atoms with Crippen molar-refractivity contribution >= 4 is 5.91 Å². The van der Waals surface area contributed by atoms with Gasteiger partial charge in [0.2, 0.25) is 5.91 Å². The van der Waals surface area contributed by atoms with Crippen molar-refractivity contribution in [3.05, 3.63) is 0 Å². The van der Waals surface area contributed by atoms with Crippen LogP contribution in [0.15, 0.2) is 0 Å². The fourth-order valence-electron chi connectivity index (χ4n) is 1.91. The summed E-state index contributed by atoms with van der Waals surface area (Å²) in [4.78, 5) is 13.9. The molecular formula is C11H22N2O. The lowest BCUT2D eigenvalue weighted by atomic mass is 10.0. The Hall–Kier alpha value is -0.570. The van der Waals surface area contributed by atoms with Crippen LogP contribution >= 0.6 is 0 Å². The van der Waals surface area contributed by atoms with Crippen molar-refractivity contribution in [1.82, 2.24) is 10.2 Å². The van der Waals surface area contributed by atoms with E-state index in [1.165, 1.54) is 12.8 Å². The van der Waals surface area contributed by atoms with Crippen LogP contribution in [0.4, 0.5) is 0 Å². The molecule has 0 bridgehead atoms. The second-order valence-electron chi connectivity index (χ2n) is 4.14. The van der Waals surface area contributed by atoms with Gasteiger partial charge in [-0.1, -0.05) is 19.8 Å². The monoisotopic (exact) mass is 198 g/mol. The Morgan fingerprint density at radius 1 is 1.50 bits per heavy atom. The highest BCUT2D eigenvalue weighted by Crippen LogP contribution is 2.14. The maximum absolute atomic E-state index is 11.7. The zero-order valence-corrected chi connectivity index (χ0v) is 9.38. The van der Waals surface area contributed by atoms with Crippen molar-refractivity contribution < 1.29 is 4.79 Å². The largest absolute Gasteiger partial charge is 0.355 e. The first-order chi connectivity index (χ1) is 6.75. The van der Waals surface area contributed by atoms with Crippen LogP contribution in [0.5, 0.6) is 0 Å². The van der Waals surface area contributed by atoms with Crippen LogP contribution in [-0.2, 0) is 4.79 Å². The van der Waals surface area contributed by atoms with Gasteiger partial charge in [0.1, 0.15) is 0 Å². The van der Waals surface area contributed by atoms with Crippen LogP contribution in [0, 0.1) is 0 Å². The second-order valence-corrected chi connectivity index (χ2v) is 4.14. The minimum absolute atomic E-state index is 0.126. The number of piperidine rings is 1. The van der Waals surface area contributed by atoms with Gasteiger partial charge in [-0.3, -0.25) is 9.69 Å². The van der Waals surface area contributed by atoms with Crippen LogP contribution < -0.4 is 5.32 Å². The third kappa shape index (κ3) is 3.29. The maximum Gasteiger partial charge on any atom is 0.237 e. The summed E-state index contributed by atoms with van der Waals surface area (Å²) < 4.78 is 0. The number of likely N-dealkylation sites (tertiary alicyclic amines) is 1. The number of carbonyl (C=O) groups is 1. The predicted octanol–water partition coefficient (Wildman–Crippen LogP) is 1.39. The highest BCUT2D eigenvalue weighted by atomic mass is 16.2. The summed E-state index contributed by atoms with van der Waals surface area (Å²) in [6.07, 6.45) is 5.67. The van der Waals surface area contributed by atoms with Crippen LogP contribution in [0.1, 0.15) is 39.0 Å². The van der Waals surface area contributed by atoms with Gasteiger partial charge >= 0.3 is 0 Å². The first-order valence-corrected chi connectivity index (χ1v) is 5.73. The van der Waals surface area contributed by atoms with Gasteiger partial charge in [0.05, 0.1) is 6.04 Å². The molecule has 1 aliphatic heterocycles. The third-order valence-electron chi connectivity index (χ3n) is 2.90. The molecule has 82 valence electrons. The Bertz CT molecular complexity index is 182. The average molecular weight is 198 g/mol. The second kappa shape index (κ2) is 6.02. The van der Waals surface area contributed by atoms with Crippen molar-refractivity contribution in [2.45, 2.75) is 45.1 Å². The molecule has 0 radical (unpaired) electrons. The van der Waals surface area contributed by atoms with E-state index < -0.39 is 0 Å². The van der Waals surface area contributed by atoms with Gasteiger partial charge in [-0.05, 0) is 32.9 Å². The Labute approximate surface area is 86.9 Å². The normalized spacial score (nSPS) is 23.4. The molecule has 14 heavy (non-hydrogen) atoms. The highest BCUT2D eigenvalue weighted by molar-refractivity contribution is 5.81. The van der Waals surface area contributed by atoms with Gasteiger partial charge in [0, 0.05) is 6.54 Å². The van der Waals surface area contributed by atoms with Crippen molar-refractivity contribution in [3.63, 3.8) is 0 Å². The van der Waals surface area contributed by atoms with E-state index in [1.807, 2.05) is 7.05 Å². The number of amides is 1. The van der Waals surface area contributed by atoms with E-state index in [9.17, 15) is 4.79 Å². The Kier molecular flexibility index (Phi) is 4.94. The molecule has 0 aromatic rings. The third-order valence-corrected chi connectivity index (χ3v) is 2.90. The molecule has 0 aromatic carbocycles. The molecule has 1 aliphatic rings. The predicted molar refractivity (Wildman–Crippen MR) is 58.2 cm³/mol. The summed E-state index contributed by atoms with van der Waals surface area (Å²) in [5.74, 6) is 0.223. The zero-order valence-electron chi connectivity index (χ0n) is 9.38. The molecule has 0 aliphatic carbocycles. The fraction of sp³-hybridized carbons (Fsp3) is 0.909. The molecule has 1 atom stereocenters. The topological polar surface area (TPSA) is 32.3 Å². The number of rotatable bonds is 4. The lowest BCUT2D eigenvalue weighted by Crippen LogP contribution is -2.47. The summed E-state index contributed by atoms with van der Waals surface area (Å²) in [7, 11) is 2.04. The smallest absolute Gasteiger partial charge is 0.237 e. The van der Waals surface area contributed by atoms with Gasteiger partial charge in [-0.15, -0.1) is 0 Å². The molecule has 1 unspecified atom stereocenters. The lowest BCUT2D eigenvalue weighted by Gasteiger charge is -2.31. The van der Waals surface area contributed by atoms with Gasteiger partial charge in [0.25, 0.3) is 0 Å². The van der Waals surface area contributed by atoms with Gasteiger partial charge in [-0.25, -0.2) is 0 Å². The van der Waals surface area contributed by atoms with Crippen LogP contribution in [-0.4, -0.2) is 37.0 Å². The van der Waals surface area contributed by atoms with E-state index in [2.05, 4.69) is 17.1 Å². The Morgan fingerprint density at radius 3 is 2.93 bits per heavy atom. The molecule has 3 heteroatoms. The van der Waals surface area contributed by atoms with E-state index in [1.54, 1.807) is 0 Å². The number of nitrogens with one attached hydrogen (secondary N) is 1. The van der Waals surface area contributed by atoms with E-state index >= 15 is 0 Å². The molecule has 1 amide bonds. The van der Waals surface area contributed by atoms with Gasteiger partial charge in [-0.2, -0.15) is 0 Å². The molecule has 0 saturated carbocycles. The first-order valence-electron chi connectivity index (χ1n) is 5.73. The summed E-state index contributed by atoms with van der Waals surface area (Å²) >= 11 is 0. The highest BCUT2D eigenvalue weighted by Gasteiger charge is 2.24. The van der Waals surface area contributed by atoms with Crippen LogP contribution in [0.3, 0.4) is 0 Å². The molecule has 1 N–H and O–H groups in total. The molecule has 0 spiro atoms. The molecule has 1 rings (SSSR count). The minimum atomic E-state index is 0.126. The minimum Gasteiger partial charge on any atom is -0.355 e. The maximum atomic E-state index is 11.7. The molecule has 1 saturated heterocycles. The average Bonchev–Trinajstić information content (AvgIpc) is 2.18. The SMILES string of the molecule is CCCCNC(=O)C1CCCCN1C. The van der Waals surface area contributed by atoms with Crippen molar-refractivity contribution in [3.8, 4) is 0 Å². The van der Waals surface area contributed by atoms with Crippen LogP contribution in [0.2, 0.25) is 0 Å². The number of unbranched alkanes of at least 4 members (excludes halogenated alkanes) is 1. The quantitative estimate of drug-likeness (QED) is 0.692. The van der Waals surface area contributed by atoms with Crippen molar-refractivity contribution in [2.24, 2.45) is 0 Å². The van der Waals surface area contributed by atoms with Crippen molar-refractivity contribution in [1.29, 1.82) is 0 Å². The number of likely N-dealkylation sites (N-methyl/N-ethyl adjacent to an activating group) is 1. The first kappa shape index (κ1) is 11.5. The van der Waals surface area contributed by atoms with Gasteiger partial charge < -0.3 is 5.32 Å². The van der Waals surface area contributed by atoms with Crippen molar-refractivity contribution in [2.75, 3.05) is 20.1 Å². The molecule has 1 fully saturated rings. The lowest BCUT2D eigenvalue weighted by molar-refractivity contribution is -0.127. The molecule has 1 heterocycles. The number of carbonyl (C=O) groups excluding carboxylic acids is 1. The van der Waals surface area contributed by atoms with E-state index in [0.717, 1.165) is 32.4 Å². The Morgan fingerprint density at radius 2 is 2.29 bits per heavy atom. The number of hydrogen-bond donors (Lipinski definition) is 1. The summed E-state index contributed by atoms with van der Waals surface area (Å²) in [6.45, 7) is 4.03. The number of hydrogen-bond acceptors (Lipinski definition) is 2. The van der Waals surface area contributed by atoms with E-state index in [0.29, 0.717) is 0 Å². The molecule has 0 aromatic heterocycles. The van der Waals surface area contributed by atoms with E-state index in [-0.39, 0.29) is 11.9 Å². The van der Waals surface area contributed by atoms with E-state index in [4.69, 9.17) is 0 Å². The summed E-state index contributed by atoms with van der Waals surface area (Å²) in [6, 6.07) is 0.126. The summed E-state index contributed by atoms with van der Waals surface area (Å²) in [5.41, 5.74) is 0. The van der Waals surface area contributed by atoms with Crippen LogP contribution in [0.25, 0.3) is 0 Å².